The molecule has 1 aliphatic heterocycles. The van der Waals surface area contributed by atoms with E-state index in [1.165, 1.54) is 25.3 Å². The molecule has 130 valence electrons. The molecule has 1 aliphatic rings. The van der Waals surface area contributed by atoms with Gasteiger partial charge in [0.15, 0.2) is 0 Å². The van der Waals surface area contributed by atoms with Gasteiger partial charge in [-0.1, -0.05) is 6.92 Å². The van der Waals surface area contributed by atoms with Crippen LogP contribution in [0.3, 0.4) is 0 Å². The summed E-state index contributed by atoms with van der Waals surface area (Å²) in [6.45, 7) is 3.72. The second kappa shape index (κ2) is 7.96. The van der Waals surface area contributed by atoms with Crippen LogP contribution in [0.2, 0.25) is 0 Å². The molecule has 0 saturated carbocycles. The number of rotatable bonds is 4. The number of nitrogens with two attached hydrogens (primary N) is 1. The number of primary sulfonamides is 1. The first-order chi connectivity index (χ1) is 10.3. The van der Waals surface area contributed by atoms with Gasteiger partial charge in [0, 0.05) is 6.04 Å². The van der Waals surface area contributed by atoms with Gasteiger partial charge in [0.2, 0.25) is 10.0 Å². The van der Waals surface area contributed by atoms with Gasteiger partial charge in [0.25, 0.3) is 5.91 Å². The molecule has 1 fully saturated rings. The minimum absolute atomic E-state index is 0. The molecule has 4 N–H and O–H groups in total. The van der Waals surface area contributed by atoms with Crippen LogP contribution in [-0.4, -0.2) is 40.6 Å². The summed E-state index contributed by atoms with van der Waals surface area (Å²) in [5.41, 5.74) is 0.166. The molecule has 2 rings (SSSR count). The zero-order chi connectivity index (χ0) is 16.3. The molecule has 0 aliphatic carbocycles. The fourth-order valence-corrected chi connectivity index (χ4v) is 3.06. The number of carbonyl (C=O) groups is 1. The van der Waals surface area contributed by atoms with Crippen molar-refractivity contribution in [3.8, 4) is 5.75 Å². The third-order valence-corrected chi connectivity index (χ3v) is 4.76. The number of sulfonamides is 1. The van der Waals surface area contributed by atoms with E-state index in [4.69, 9.17) is 9.88 Å². The summed E-state index contributed by atoms with van der Waals surface area (Å²) < 4.78 is 28.0. The van der Waals surface area contributed by atoms with Crippen molar-refractivity contribution in [1.29, 1.82) is 0 Å². The van der Waals surface area contributed by atoms with Gasteiger partial charge in [0.1, 0.15) is 5.75 Å². The topological polar surface area (TPSA) is 111 Å². The molecule has 9 heteroatoms. The van der Waals surface area contributed by atoms with Crippen molar-refractivity contribution in [2.75, 3.05) is 20.2 Å². The van der Waals surface area contributed by atoms with Crippen molar-refractivity contribution in [2.45, 2.75) is 24.3 Å². The lowest BCUT2D eigenvalue weighted by molar-refractivity contribution is 0.0911. The lowest BCUT2D eigenvalue weighted by atomic mass is 9.95. The molecule has 0 aromatic heterocycles. The van der Waals surface area contributed by atoms with Crippen molar-refractivity contribution in [3.63, 3.8) is 0 Å². The maximum atomic E-state index is 12.5. The van der Waals surface area contributed by atoms with Crippen LogP contribution in [0, 0.1) is 5.92 Å². The average molecular weight is 364 g/mol. The summed E-state index contributed by atoms with van der Waals surface area (Å²) >= 11 is 0. The Kier molecular flexibility index (Phi) is 6.82. The van der Waals surface area contributed by atoms with Crippen molar-refractivity contribution in [3.05, 3.63) is 23.8 Å². The molecular formula is C14H22ClN3O4S. The molecular weight excluding hydrogens is 342 g/mol. The zero-order valence-electron chi connectivity index (χ0n) is 13.0. The number of ether oxygens (including phenoxy) is 1. The molecule has 2 unspecified atom stereocenters. The monoisotopic (exact) mass is 363 g/mol. The van der Waals surface area contributed by atoms with Crippen molar-refractivity contribution >= 4 is 28.3 Å². The molecule has 0 bridgehead atoms. The maximum absolute atomic E-state index is 12.5. The number of halogens is 1. The lowest BCUT2D eigenvalue weighted by Crippen LogP contribution is -2.48. The molecule has 1 aromatic rings. The molecule has 0 spiro atoms. The number of hydrogen-bond acceptors (Lipinski definition) is 5. The second-order valence-corrected chi connectivity index (χ2v) is 7.02. The van der Waals surface area contributed by atoms with E-state index in [1.54, 1.807) is 0 Å². The quantitative estimate of drug-likeness (QED) is 0.721. The van der Waals surface area contributed by atoms with Gasteiger partial charge < -0.3 is 15.4 Å². The highest BCUT2D eigenvalue weighted by atomic mass is 35.5. The Morgan fingerprint density at radius 2 is 2.13 bits per heavy atom. The Bertz CT molecular complexity index is 666. The predicted octanol–water partition coefficient (Wildman–Crippen LogP) is 0.492. The van der Waals surface area contributed by atoms with E-state index in [0.29, 0.717) is 11.7 Å². The van der Waals surface area contributed by atoms with E-state index in [2.05, 4.69) is 17.6 Å². The van der Waals surface area contributed by atoms with Gasteiger partial charge in [0.05, 0.1) is 17.6 Å². The third kappa shape index (κ3) is 4.81. The van der Waals surface area contributed by atoms with Gasteiger partial charge in [-0.3, -0.25) is 4.79 Å². The maximum Gasteiger partial charge on any atom is 0.255 e. The average Bonchev–Trinajstić information content (AvgIpc) is 2.48. The molecule has 1 saturated heterocycles. The molecule has 23 heavy (non-hydrogen) atoms. The summed E-state index contributed by atoms with van der Waals surface area (Å²) in [4.78, 5) is 12.4. The largest absolute Gasteiger partial charge is 0.496 e. The Labute approximate surface area is 142 Å². The van der Waals surface area contributed by atoms with Gasteiger partial charge in [-0.15, -0.1) is 12.4 Å². The van der Waals surface area contributed by atoms with Crippen LogP contribution in [-0.2, 0) is 10.0 Å². The Hall–Kier alpha value is -1.35. The Balaban J connectivity index is 0.00000264. The van der Waals surface area contributed by atoms with E-state index in [9.17, 15) is 13.2 Å². The summed E-state index contributed by atoms with van der Waals surface area (Å²) in [5, 5.41) is 11.3. The van der Waals surface area contributed by atoms with Gasteiger partial charge in [-0.2, -0.15) is 0 Å². The van der Waals surface area contributed by atoms with E-state index < -0.39 is 10.0 Å². The van der Waals surface area contributed by atoms with Gasteiger partial charge in [-0.25, -0.2) is 13.6 Å². The number of benzene rings is 1. The Morgan fingerprint density at radius 1 is 1.43 bits per heavy atom. The van der Waals surface area contributed by atoms with E-state index >= 15 is 0 Å². The number of hydrogen-bond donors (Lipinski definition) is 3. The molecule has 0 radical (unpaired) electrons. The molecule has 1 aromatic carbocycles. The normalized spacial score (nSPS) is 21.2. The van der Waals surface area contributed by atoms with Gasteiger partial charge >= 0.3 is 0 Å². The third-order valence-electron chi connectivity index (χ3n) is 3.85. The minimum Gasteiger partial charge on any atom is -0.496 e. The number of carbonyl (C=O) groups excluding carboxylic acids is 1. The first kappa shape index (κ1) is 19.7. The lowest BCUT2D eigenvalue weighted by Gasteiger charge is -2.30. The summed E-state index contributed by atoms with van der Waals surface area (Å²) in [7, 11) is -2.45. The van der Waals surface area contributed by atoms with Crippen LogP contribution in [0.5, 0.6) is 5.75 Å². The van der Waals surface area contributed by atoms with Crippen LogP contribution in [0.1, 0.15) is 23.7 Å². The fourth-order valence-electron chi connectivity index (χ4n) is 2.52. The van der Waals surface area contributed by atoms with Crippen LogP contribution in [0.4, 0.5) is 0 Å². The van der Waals surface area contributed by atoms with Crippen LogP contribution >= 0.6 is 12.4 Å². The van der Waals surface area contributed by atoms with Crippen LogP contribution in [0.25, 0.3) is 0 Å². The highest BCUT2D eigenvalue weighted by Crippen LogP contribution is 2.22. The van der Waals surface area contributed by atoms with Crippen molar-refractivity contribution < 1.29 is 17.9 Å². The highest BCUT2D eigenvalue weighted by molar-refractivity contribution is 7.89. The second-order valence-electron chi connectivity index (χ2n) is 5.46. The number of piperidine rings is 1. The molecule has 7 nitrogen and oxygen atoms in total. The zero-order valence-corrected chi connectivity index (χ0v) is 14.7. The smallest absolute Gasteiger partial charge is 0.255 e. The number of nitrogens with one attached hydrogen (secondary N) is 2. The molecule has 2 atom stereocenters. The van der Waals surface area contributed by atoms with Crippen molar-refractivity contribution in [1.82, 2.24) is 10.6 Å². The predicted molar refractivity (Wildman–Crippen MR) is 89.5 cm³/mol. The highest BCUT2D eigenvalue weighted by Gasteiger charge is 2.25. The standard InChI is InChI=1S/C14H21N3O4S.ClH/c1-9-8-16-6-5-12(9)17-14(18)11-7-10(22(15,19)20)3-4-13(11)21-2;/h3-4,7,9,12,16H,5-6,8H2,1-2H3,(H,17,18)(H2,15,19,20);1H. The Morgan fingerprint density at radius 3 is 2.70 bits per heavy atom. The molecule has 1 amide bonds. The van der Waals surface area contributed by atoms with Crippen molar-refractivity contribution in [2.24, 2.45) is 11.1 Å². The SMILES string of the molecule is COc1ccc(S(N)(=O)=O)cc1C(=O)NC1CCNCC1C.Cl. The fraction of sp³-hybridized carbons (Fsp3) is 0.500. The van der Waals surface area contributed by atoms with E-state index in [0.717, 1.165) is 19.5 Å². The first-order valence-corrected chi connectivity index (χ1v) is 8.60. The van der Waals surface area contributed by atoms with Crippen LogP contribution < -0.4 is 20.5 Å². The van der Waals surface area contributed by atoms with Gasteiger partial charge in [-0.05, 0) is 43.6 Å². The summed E-state index contributed by atoms with van der Waals surface area (Å²) in [5.74, 6) is 0.248. The summed E-state index contributed by atoms with van der Waals surface area (Å²) in [6, 6.07) is 4.03. The van der Waals surface area contributed by atoms with E-state index in [-0.39, 0.29) is 34.8 Å². The first-order valence-electron chi connectivity index (χ1n) is 7.05. The minimum atomic E-state index is -3.87. The summed E-state index contributed by atoms with van der Waals surface area (Å²) in [6.07, 6.45) is 0.824. The number of amides is 1. The number of methoxy groups -OCH3 is 1. The van der Waals surface area contributed by atoms with Crippen LogP contribution in [0.15, 0.2) is 23.1 Å². The van der Waals surface area contributed by atoms with E-state index in [1.807, 2.05) is 0 Å². The molecule has 1 heterocycles.